The first-order chi connectivity index (χ1) is 41.9. The Hall–Kier alpha value is -5.74. The van der Waals surface area contributed by atoms with E-state index >= 15 is 9.59 Å². The minimum absolute atomic E-state index is 0.209. The summed E-state index contributed by atoms with van der Waals surface area (Å²) in [6, 6.07) is 38.3. The molecule has 0 bridgehead atoms. The van der Waals surface area contributed by atoms with Crippen molar-refractivity contribution in [1.82, 2.24) is 22.4 Å². The molecular formula is C71H79N5O3S6. The summed E-state index contributed by atoms with van der Waals surface area (Å²) in [6.45, 7) is 10.0. The number of thiophene rings is 4. The van der Waals surface area contributed by atoms with Gasteiger partial charge in [-0.1, -0.05) is 203 Å². The van der Waals surface area contributed by atoms with Crippen LogP contribution in [-0.2, 0) is 0 Å². The van der Waals surface area contributed by atoms with Crippen molar-refractivity contribution in [2.75, 3.05) is 13.2 Å². The van der Waals surface area contributed by atoms with Crippen molar-refractivity contribution < 1.29 is 14.3 Å². The van der Waals surface area contributed by atoms with Crippen LogP contribution in [0.1, 0.15) is 188 Å². The predicted octanol–water partition coefficient (Wildman–Crippen LogP) is 23.2. The zero-order valence-corrected chi connectivity index (χ0v) is 54.7. The van der Waals surface area contributed by atoms with E-state index in [0.717, 1.165) is 129 Å². The minimum Gasteiger partial charge on any atom is -0.493 e. The molecule has 6 aromatic heterocycles. The summed E-state index contributed by atoms with van der Waals surface area (Å²) >= 11 is 9.20. The Bertz CT molecular complexity index is 3810. The van der Waals surface area contributed by atoms with Crippen molar-refractivity contribution in [2.45, 2.75) is 169 Å². The van der Waals surface area contributed by atoms with Gasteiger partial charge in [-0.2, -0.15) is 17.5 Å². The van der Waals surface area contributed by atoms with Crippen molar-refractivity contribution in [2.24, 2.45) is 5.92 Å². The lowest BCUT2D eigenvalue weighted by Gasteiger charge is -2.23. The fourth-order valence-corrected chi connectivity index (χ4v) is 17.9. The quantitative estimate of drug-likeness (QED) is 0.0298. The molecule has 0 saturated heterocycles. The standard InChI is InChI=1S/C71H79N5O3S6/c1-5-8-11-14-17-18-20-25-32-48(31-24-19-15-12-9-6-2)46-76-70(77)63-61(57-43-40-53(82-57)52-38-37-51(80-52)49-33-26-22-27-34-49)67-68(75-85-74-67)62(64(63)71(76)78)58-44-41-55(83-58)54-39-42-56(81-54)59-47(4)69(79-45-30-21-16-13-10-7-3)60(50-35-28-23-29-36-50)66-65(59)72-84-73-66/h22-23,26-29,33-44,48H,5-21,24-25,30-32,45-46H2,1-4H3. The molecule has 1 atom stereocenters. The smallest absolute Gasteiger partial charge is 0.262 e. The fraction of sp³-hybridized carbons (Fsp3) is 0.408. The van der Waals surface area contributed by atoms with E-state index in [2.05, 4.69) is 125 Å². The average molecular weight is 1240 g/mol. The normalized spacial score (nSPS) is 12.9. The Labute approximate surface area is 527 Å². The molecule has 0 radical (unpaired) electrons. The van der Waals surface area contributed by atoms with Crippen LogP contribution in [0.15, 0.2) is 109 Å². The lowest BCUT2D eigenvalue weighted by molar-refractivity contribution is 0.0622. The van der Waals surface area contributed by atoms with Crippen LogP contribution in [0.2, 0.25) is 0 Å². The number of ether oxygens (including phenoxy) is 1. The molecule has 85 heavy (non-hydrogen) atoms. The SMILES string of the molecule is CCCCCCCCCCC(CCCCCCCC)CN1C(=O)c2c(c(-c3ccc(-c4ccc(-c5c(C)c(OCCCCCCCC)c(-c6ccccc6)c6nsnc56)s4)s3)c3nsnc3c2-c2ccc(-c3ccc(-c4ccccc4)s3)s2)C1=O. The van der Waals surface area contributed by atoms with Crippen molar-refractivity contribution in [3.63, 3.8) is 0 Å². The fourth-order valence-electron chi connectivity index (χ4n) is 12.4. The van der Waals surface area contributed by atoms with E-state index in [4.69, 9.17) is 22.2 Å². The number of hydrogen-bond donors (Lipinski definition) is 0. The van der Waals surface area contributed by atoms with Crippen LogP contribution >= 0.6 is 68.8 Å². The summed E-state index contributed by atoms with van der Waals surface area (Å²) in [4.78, 5) is 41.5. The summed E-state index contributed by atoms with van der Waals surface area (Å²) in [5, 5.41) is 0. The number of carbonyl (C=O) groups is 2. The van der Waals surface area contributed by atoms with Gasteiger partial charge in [0.25, 0.3) is 11.8 Å². The Kier molecular flexibility index (Phi) is 21.3. The molecule has 442 valence electrons. The number of benzene rings is 4. The van der Waals surface area contributed by atoms with Gasteiger partial charge >= 0.3 is 0 Å². The summed E-state index contributed by atoms with van der Waals surface area (Å²) in [7, 11) is 0. The van der Waals surface area contributed by atoms with Gasteiger partial charge < -0.3 is 4.74 Å². The summed E-state index contributed by atoms with van der Waals surface area (Å²) in [6.07, 6.45) is 26.5. The number of rotatable bonds is 33. The molecule has 1 aliphatic rings. The van der Waals surface area contributed by atoms with Gasteiger partial charge in [0.15, 0.2) is 0 Å². The molecule has 7 heterocycles. The van der Waals surface area contributed by atoms with Gasteiger partial charge in [0.05, 0.1) is 46.8 Å². The lowest BCUT2D eigenvalue weighted by atomic mass is 9.93. The molecule has 0 aliphatic carbocycles. The van der Waals surface area contributed by atoms with Crippen LogP contribution < -0.4 is 4.74 Å². The van der Waals surface area contributed by atoms with Crippen LogP contribution in [-0.4, -0.2) is 47.4 Å². The second-order valence-corrected chi connectivity index (χ2v) is 28.4. The third-order valence-electron chi connectivity index (χ3n) is 16.9. The monoisotopic (exact) mass is 1240 g/mol. The van der Waals surface area contributed by atoms with E-state index < -0.39 is 0 Å². The van der Waals surface area contributed by atoms with Gasteiger partial charge in [-0.25, -0.2) is 0 Å². The molecule has 2 amide bonds. The number of aromatic nitrogens is 4. The van der Waals surface area contributed by atoms with Gasteiger partial charge in [0.2, 0.25) is 0 Å². The minimum atomic E-state index is -0.212. The molecular weight excluding hydrogens is 1160 g/mol. The van der Waals surface area contributed by atoms with E-state index in [-0.39, 0.29) is 17.7 Å². The zero-order chi connectivity index (χ0) is 58.5. The number of carbonyl (C=O) groups excluding carboxylic acids is 2. The Morgan fingerprint density at radius 2 is 0.753 bits per heavy atom. The molecule has 4 aromatic carbocycles. The zero-order valence-electron chi connectivity index (χ0n) is 49.9. The van der Waals surface area contributed by atoms with Gasteiger partial charge in [-0.3, -0.25) is 14.5 Å². The molecule has 1 aliphatic heterocycles. The van der Waals surface area contributed by atoms with Crippen LogP contribution in [0.25, 0.3) is 94.5 Å². The number of imide groups is 1. The number of nitrogens with zero attached hydrogens (tertiary/aromatic N) is 5. The number of unbranched alkanes of at least 4 members (excludes halogenated alkanes) is 17. The first-order valence-electron chi connectivity index (χ1n) is 31.5. The van der Waals surface area contributed by atoms with Crippen molar-refractivity contribution in [3.8, 4) is 78.1 Å². The average Bonchev–Trinajstić information content (AvgIpc) is 1.85. The molecule has 0 fully saturated rings. The van der Waals surface area contributed by atoms with Crippen LogP contribution in [0.5, 0.6) is 5.75 Å². The molecule has 8 nitrogen and oxygen atoms in total. The van der Waals surface area contributed by atoms with Crippen molar-refractivity contribution in [1.29, 1.82) is 0 Å². The second kappa shape index (κ2) is 29.8. The molecule has 14 heteroatoms. The number of fused-ring (bicyclic) bond motifs is 3. The van der Waals surface area contributed by atoms with Gasteiger partial charge in [0.1, 0.15) is 27.8 Å². The molecule has 11 rings (SSSR count). The largest absolute Gasteiger partial charge is 0.493 e. The Morgan fingerprint density at radius 1 is 0.388 bits per heavy atom. The first kappa shape index (κ1) is 60.9. The van der Waals surface area contributed by atoms with Gasteiger partial charge in [-0.05, 0) is 91.8 Å². The van der Waals surface area contributed by atoms with E-state index in [1.165, 1.54) is 125 Å². The number of amides is 2. The molecule has 0 N–H and O–H groups in total. The summed E-state index contributed by atoms with van der Waals surface area (Å²) < 4.78 is 26.8. The molecule has 1 unspecified atom stereocenters. The first-order valence-corrected chi connectivity index (χ1v) is 36.2. The van der Waals surface area contributed by atoms with Crippen molar-refractivity contribution in [3.05, 3.63) is 126 Å². The van der Waals surface area contributed by atoms with Crippen molar-refractivity contribution >= 4 is 103 Å². The third kappa shape index (κ3) is 13.9. The van der Waals surface area contributed by atoms with Crippen LogP contribution in [0.3, 0.4) is 0 Å². The molecule has 0 saturated carbocycles. The lowest BCUT2D eigenvalue weighted by Crippen LogP contribution is -2.34. The Balaban J connectivity index is 0.945. The third-order valence-corrected chi connectivity index (χ3v) is 22.8. The Morgan fingerprint density at radius 3 is 1.22 bits per heavy atom. The maximum atomic E-state index is 15.7. The van der Waals surface area contributed by atoms with E-state index in [1.807, 2.05) is 12.1 Å². The summed E-state index contributed by atoms with van der Waals surface area (Å²) in [5.74, 6) is 0.681. The van der Waals surface area contributed by atoms with Crippen LogP contribution in [0.4, 0.5) is 0 Å². The molecule has 10 aromatic rings. The highest BCUT2D eigenvalue weighted by molar-refractivity contribution is 7.26. The van der Waals surface area contributed by atoms with Crippen LogP contribution in [0, 0.1) is 12.8 Å². The van der Waals surface area contributed by atoms with E-state index in [9.17, 15) is 0 Å². The molecule has 0 spiro atoms. The maximum absolute atomic E-state index is 15.7. The highest BCUT2D eigenvalue weighted by Crippen LogP contribution is 2.52. The summed E-state index contributed by atoms with van der Waals surface area (Å²) in [5.41, 5.74) is 10.8. The maximum Gasteiger partial charge on any atom is 0.262 e. The number of hydrogen-bond acceptors (Lipinski definition) is 13. The van der Waals surface area contributed by atoms with E-state index in [0.29, 0.717) is 40.9 Å². The topological polar surface area (TPSA) is 98.2 Å². The van der Waals surface area contributed by atoms with Gasteiger partial charge in [-0.15, -0.1) is 45.3 Å². The predicted molar refractivity (Wildman–Crippen MR) is 366 cm³/mol. The second-order valence-electron chi connectivity index (χ2n) is 23.0. The van der Waals surface area contributed by atoms with Gasteiger partial charge in [0, 0.05) is 67.8 Å². The highest BCUT2D eigenvalue weighted by atomic mass is 32.1. The van der Waals surface area contributed by atoms with E-state index in [1.54, 1.807) is 50.2 Å². The highest BCUT2D eigenvalue weighted by Gasteiger charge is 2.44.